The molecule has 0 fully saturated rings. The summed E-state index contributed by atoms with van der Waals surface area (Å²) >= 11 is 0. The first kappa shape index (κ1) is 14.1. The smallest absolute Gasteiger partial charge is 0.257 e. The topological polar surface area (TPSA) is 71.2 Å². The van der Waals surface area contributed by atoms with E-state index in [1.807, 2.05) is 19.1 Å². The maximum absolute atomic E-state index is 12.3. The Morgan fingerprint density at radius 1 is 1.35 bits per heavy atom. The third-order valence-electron chi connectivity index (χ3n) is 2.96. The number of amides is 1. The number of carbonyl (C=O) groups excluding carboxylic acids is 1. The Bertz CT molecular complexity index is 676. The number of benzene rings is 1. The first-order valence-electron chi connectivity index (χ1n) is 6.64. The fourth-order valence-electron chi connectivity index (χ4n) is 1.97. The van der Waals surface area contributed by atoms with E-state index >= 15 is 0 Å². The van der Waals surface area contributed by atoms with E-state index in [0.29, 0.717) is 17.6 Å². The van der Waals surface area contributed by atoms with Gasteiger partial charge in [-0.3, -0.25) is 9.59 Å². The summed E-state index contributed by atoms with van der Waals surface area (Å²) in [6, 6.07) is 7.22. The number of nitrogens with one attached hydrogen (secondary N) is 2. The molecule has 106 valence electrons. The van der Waals surface area contributed by atoms with Gasteiger partial charge < -0.3 is 15.0 Å². The van der Waals surface area contributed by atoms with Crippen molar-refractivity contribution >= 4 is 16.8 Å². The lowest BCUT2D eigenvalue weighted by molar-refractivity contribution is -0.123. The highest BCUT2D eigenvalue weighted by molar-refractivity contribution is 5.80. The largest absolute Gasteiger partial charge is 0.478 e. The molecule has 1 amide bonds. The molecule has 0 atom stereocenters. The van der Waals surface area contributed by atoms with Crippen molar-refractivity contribution in [2.45, 2.75) is 20.3 Å². The van der Waals surface area contributed by atoms with Gasteiger partial charge in [0.15, 0.2) is 12.4 Å². The van der Waals surface area contributed by atoms with Crippen LogP contribution in [0.3, 0.4) is 0 Å². The van der Waals surface area contributed by atoms with Crippen LogP contribution in [0.2, 0.25) is 0 Å². The predicted octanol–water partition coefficient (Wildman–Crippen LogP) is 1.74. The molecule has 0 bridgehead atoms. The number of aryl methyl sites for hydroxylation is 1. The zero-order valence-corrected chi connectivity index (χ0v) is 11.7. The molecule has 2 aromatic rings. The number of H-pyrrole nitrogens is 1. The van der Waals surface area contributed by atoms with Gasteiger partial charge in [0.25, 0.3) is 5.91 Å². The van der Waals surface area contributed by atoms with Crippen LogP contribution in [0.4, 0.5) is 0 Å². The minimum absolute atomic E-state index is 0.151. The second-order valence-corrected chi connectivity index (χ2v) is 4.59. The average molecular weight is 274 g/mol. The van der Waals surface area contributed by atoms with Crippen molar-refractivity contribution in [1.29, 1.82) is 0 Å². The zero-order valence-electron chi connectivity index (χ0n) is 11.7. The van der Waals surface area contributed by atoms with E-state index in [1.54, 1.807) is 19.1 Å². The first-order chi connectivity index (χ1) is 9.63. The lowest BCUT2D eigenvalue weighted by Gasteiger charge is -2.10. The molecule has 0 saturated carbocycles. The SMILES string of the molecule is CCCNC(=O)COc1c(C)[nH]c2ccccc2c1=O. The third-order valence-corrected chi connectivity index (χ3v) is 2.96. The molecule has 0 saturated heterocycles. The predicted molar refractivity (Wildman–Crippen MR) is 78.1 cm³/mol. The highest BCUT2D eigenvalue weighted by Crippen LogP contribution is 2.15. The molecule has 5 nitrogen and oxygen atoms in total. The van der Waals surface area contributed by atoms with Crippen LogP contribution in [-0.4, -0.2) is 24.0 Å². The molecule has 2 rings (SSSR count). The Hall–Kier alpha value is -2.30. The van der Waals surface area contributed by atoms with Crippen LogP contribution >= 0.6 is 0 Å². The van der Waals surface area contributed by atoms with Gasteiger partial charge in [-0.15, -0.1) is 0 Å². The summed E-state index contributed by atoms with van der Waals surface area (Å²) in [5.41, 5.74) is 1.19. The van der Waals surface area contributed by atoms with Crippen molar-refractivity contribution in [3.05, 3.63) is 40.2 Å². The van der Waals surface area contributed by atoms with Gasteiger partial charge in [-0.1, -0.05) is 19.1 Å². The monoisotopic (exact) mass is 274 g/mol. The molecule has 1 aromatic heterocycles. The van der Waals surface area contributed by atoms with E-state index in [2.05, 4.69) is 10.3 Å². The first-order valence-corrected chi connectivity index (χ1v) is 6.64. The van der Waals surface area contributed by atoms with Gasteiger partial charge in [0.1, 0.15) is 0 Å². The fourth-order valence-corrected chi connectivity index (χ4v) is 1.97. The number of rotatable bonds is 5. The molecule has 0 spiro atoms. The number of ether oxygens (including phenoxy) is 1. The van der Waals surface area contributed by atoms with E-state index in [0.717, 1.165) is 11.9 Å². The van der Waals surface area contributed by atoms with Crippen LogP contribution in [-0.2, 0) is 4.79 Å². The molecule has 0 unspecified atom stereocenters. The van der Waals surface area contributed by atoms with Gasteiger partial charge in [0.05, 0.1) is 5.69 Å². The number of para-hydroxylation sites is 1. The van der Waals surface area contributed by atoms with Gasteiger partial charge >= 0.3 is 0 Å². The quantitative estimate of drug-likeness (QED) is 0.872. The van der Waals surface area contributed by atoms with E-state index in [4.69, 9.17) is 4.74 Å². The van der Waals surface area contributed by atoms with Gasteiger partial charge in [-0.05, 0) is 25.5 Å². The number of aromatic nitrogens is 1. The normalized spacial score (nSPS) is 10.5. The molecule has 0 aliphatic carbocycles. The van der Waals surface area contributed by atoms with Crippen LogP contribution in [0.25, 0.3) is 10.9 Å². The van der Waals surface area contributed by atoms with Gasteiger partial charge in [0.2, 0.25) is 5.43 Å². The van der Waals surface area contributed by atoms with Crippen molar-refractivity contribution in [3.63, 3.8) is 0 Å². The lowest BCUT2D eigenvalue weighted by atomic mass is 10.2. The molecular weight excluding hydrogens is 256 g/mol. The Balaban J connectivity index is 2.22. The second kappa shape index (κ2) is 6.23. The Morgan fingerprint density at radius 3 is 2.85 bits per heavy atom. The van der Waals surface area contributed by atoms with E-state index in [-0.39, 0.29) is 23.7 Å². The Labute approximate surface area is 117 Å². The number of carbonyl (C=O) groups is 1. The molecule has 20 heavy (non-hydrogen) atoms. The minimum atomic E-state index is -0.223. The molecule has 0 radical (unpaired) electrons. The van der Waals surface area contributed by atoms with Crippen LogP contribution < -0.4 is 15.5 Å². The summed E-state index contributed by atoms with van der Waals surface area (Å²) in [6.45, 7) is 4.18. The van der Waals surface area contributed by atoms with Crippen LogP contribution in [0.15, 0.2) is 29.1 Å². The number of hydrogen-bond acceptors (Lipinski definition) is 3. The number of hydrogen-bond donors (Lipinski definition) is 2. The van der Waals surface area contributed by atoms with Crippen molar-refractivity contribution < 1.29 is 9.53 Å². The standard InChI is InChI=1S/C15H18N2O3/c1-3-8-16-13(18)9-20-15-10(2)17-12-7-5-4-6-11(12)14(15)19/h4-7H,3,8-9H2,1-2H3,(H,16,18)(H,17,19). The third kappa shape index (κ3) is 2.99. The van der Waals surface area contributed by atoms with Crippen molar-refractivity contribution in [3.8, 4) is 5.75 Å². The molecule has 5 heteroatoms. The lowest BCUT2D eigenvalue weighted by Crippen LogP contribution is -2.30. The summed E-state index contributed by atoms with van der Waals surface area (Å²) in [5.74, 6) is -0.0193. The molecule has 0 aliphatic heterocycles. The summed E-state index contributed by atoms with van der Waals surface area (Å²) in [5, 5.41) is 3.26. The van der Waals surface area contributed by atoms with Gasteiger partial charge in [-0.2, -0.15) is 0 Å². The van der Waals surface area contributed by atoms with Crippen molar-refractivity contribution in [1.82, 2.24) is 10.3 Å². The van der Waals surface area contributed by atoms with Crippen molar-refractivity contribution in [2.24, 2.45) is 0 Å². The van der Waals surface area contributed by atoms with Crippen LogP contribution in [0, 0.1) is 6.92 Å². The second-order valence-electron chi connectivity index (χ2n) is 4.59. The average Bonchev–Trinajstić information content (AvgIpc) is 2.45. The Kier molecular flexibility index (Phi) is 4.40. The highest BCUT2D eigenvalue weighted by atomic mass is 16.5. The summed E-state index contributed by atoms with van der Waals surface area (Å²) < 4.78 is 5.38. The number of pyridine rings is 1. The minimum Gasteiger partial charge on any atom is -0.478 e. The van der Waals surface area contributed by atoms with Gasteiger partial charge in [0, 0.05) is 17.4 Å². The van der Waals surface area contributed by atoms with E-state index < -0.39 is 0 Å². The highest BCUT2D eigenvalue weighted by Gasteiger charge is 2.11. The molecule has 1 aromatic carbocycles. The number of aromatic amines is 1. The maximum Gasteiger partial charge on any atom is 0.257 e. The van der Waals surface area contributed by atoms with Gasteiger partial charge in [-0.25, -0.2) is 0 Å². The number of fused-ring (bicyclic) bond motifs is 1. The Morgan fingerprint density at radius 2 is 2.10 bits per heavy atom. The molecule has 0 aliphatic rings. The molecule has 1 heterocycles. The van der Waals surface area contributed by atoms with Crippen molar-refractivity contribution in [2.75, 3.05) is 13.2 Å². The maximum atomic E-state index is 12.3. The molecular formula is C15H18N2O3. The van der Waals surface area contributed by atoms with E-state index in [1.165, 1.54) is 0 Å². The molecule has 2 N–H and O–H groups in total. The van der Waals surface area contributed by atoms with Crippen LogP contribution in [0.5, 0.6) is 5.75 Å². The van der Waals surface area contributed by atoms with Crippen LogP contribution in [0.1, 0.15) is 19.0 Å². The summed E-state index contributed by atoms with van der Waals surface area (Å²) in [4.78, 5) is 26.9. The fraction of sp³-hybridized carbons (Fsp3) is 0.333. The van der Waals surface area contributed by atoms with E-state index in [9.17, 15) is 9.59 Å². The summed E-state index contributed by atoms with van der Waals surface area (Å²) in [6.07, 6.45) is 0.862. The summed E-state index contributed by atoms with van der Waals surface area (Å²) in [7, 11) is 0. The zero-order chi connectivity index (χ0) is 14.5.